The Morgan fingerprint density at radius 2 is 0.644 bits per heavy atom. The van der Waals surface area contributed by atoms with Crippen LogP contribution in [0, 0.1) is 11.8 Å². The molecule has 0 bridgehead atoms. The fourth-order valence-electron chi connectivity index (χ4n) is 7.96. The molecule has 0 aromatic heterocycles. The first-order valence-corrected chi connectivity index (χ1v) is 26.3. The second-order valence-electron chi connectivity index (χ2n) is 18.9. The first-order valence-electron chi connectivity index (χ1n) is 26.3. The summed E-state index contributed by atoms with van der Waals surface area (Å²) in [6, 6.07) is 0. The van der Waals surface area contributed by atoms with Gasteiger partial charge in [-0.2, -0.15) is 0 Å². The van der Waals surface area contributed by atoms with Crippen LogP contribution in [0.3, 0.4) is 0 Å². The Morgan fingerprint density at radius 3 is 0.966 bits per heavy atom. The molecule has 0 fully saturated rings. The smallest absolute Gasteiger partial charge is 0.306 e. The molecule has 1 unspecified atom stereocenters. The Hall–Kier alpha value is -1.59. The number of carbonyl (C=O) groups is 3. The van der Waals surface area contributed by atoms with Crippen molar-refractivity contribution in [1.29, 1.82) is 0 Å². The van der Waals surface area contributed by atoms with E-state index in [1.165, 1.54) is 180 Å². The zero-order valence-corrected chi connectivity index (χ0v) is 40.4. The van der Waals surface area contributed by atoms with Gasteiger partial charge < -0.3 is 14.2 Å². The van der Waals surface area contributed by atoms with Gasteiger partial charge in [-0.3, -0.25) is 14.4 Å². The molecule has 0 N–H and O–H groups in total. The molecular weight excluding hydrogens is 733 g/mol. The van der Waals surface area contributed by atoms with E-state index >= 15 is 0 Å². The summed E-state index contributed by atoms with van der Waals surface area (Å²) < 4.78 is 16.8. The van der Waals surface area contributed by atoms with Gasteiger partial charge in [0.2, 0.25) is 0 Å². The van der Waals surface area contributed by atoms with E-state index in [0.717, 1.165) is 69.6 Å². The van der Waals surface area contributed by atoms with E-state index in [4.69, 9.17) is 14.2 Å². The van der Waals surface area contributed by atoms with E-state index in [1.54, 1.807) is 0 Å². The number of rotatable bonds is 47. The van der Waals surface area contributed by atoms with Crippen LogP contribution in [0.15, 0.2) is 0 Å². The van der Waals surface area contributed by atoms with Crippen molar-refractivity contribution in [3.05, 3.63) is 0 Å². The molecule has 2 atom stereocenters. The van der Waals surface area contributed by atoms with Crippen LogP contribution < -0.4 is 0 Å². The molecule has 6 nitrogen and oxygen atoms in total. The summed E-state index contributed by atoms with van der Waals surface area (Å²) in [6.07, 6.45) is 46.5. The summed E-state index contributed by atoms with van der Waals surface area (Å²) in [5.74, 6) is 0.832. The van der Waals surface area contributed by atoms with Crippen molar-refractivity contribution in [2.75, 3.05) is 13.2 Å². The van der Waals surface area contributed by atoms with Gasteiger partial charge in [0.05, 0.1) is 0 Å². The molecule has 0 aromatic carbocycles. The van der Waals surface area contributed by atoms with Crippen molar-refractivity contribution in [3.63, 3.8) is 0 Å². The molecule has 0 aliphatic heterocycles. The zero-order valence-electron chi connectivity index (χ0n) is 40.4. The largest absolute Gasteiger partial charge is 0.462 e. The fraction of sp³-hybridized carbons (Fsp3) is 0.943. The van der Waals surface area contributed by atoms with E-state index in [0.29, 0.717) is 19.3 Å². The Balaban J connectivity index is 4.32. The third kappa shape index (κ3) is 45.8. The van der Waals surface area contributed by atoms with Crippen molar-refractivity contribution in [2.24, 2.45) is 11.8 Å². The Bertz CT molecular complexity index is 902. The molecule has 350 valence electrons. The summed E-state index contributed by atoms with van der Waals surface area (Å²) in [5.41, 5.74) is 0. The number of hydrogen-bond donors (Lipinski definition) is 0. The van der Waals surface area contributed by atoms with Crippen molar-refractivity contribution >= 4 is 17.9 Å². The lowest BCUT2D eigenvalue weighted by atomic mass is 9.99. The zero-order chi connectivity index (χ0) is 43.3. The van der Waals surface area contributed by atoms with Gasteiger partial charge >= 0.3 is 17.9 Å². The van der Waals surface area contributed by atoms with Gasteiger partial charge in [0, 0.05) is 19.3 Å². The van der Waals surface area contributed by atoms with E-state index in [2.05, 4.69) is 34.6 Å². The van der Waals surface area contributed by atoms with Crippen LogP contribution in [0.5, 0.6) is 0 Å². The molecule has 0 amide bonds. The van der Waals surface area contributed by atoms with E-state index < -0.39 is 6.10 Å². The molecule has 59 heavy (non-hydrogen) atoms. The third-order valence-corrected chi connectivity index (χ3v) is 12.3. The van der Waals surface area contributed by atoms with Crippen LogP contribution in [-0.2, 0) is 28.6 Å². The second-order valence-corrected chi connectivity index (χ2v) is 18.9. The average Bonchev–Trinajstić information content (AvgIpc) is 3.22. The monoisotopic (exact) mass is 835 g/mol. The molecule has 0 heterocycles. The molecule has 0 spiro atoms. The van der Waals surface area contributed by atoms with Crippen LogP contribution in [0.1, 0.15) is 291 Å². The molecule has 0 saturated heterocycles. The Morgan fingerprint density at radius 1 is 0.356 bits per heavy atom. The van der Waals surface area contributed by atoms with Crippen LogP contribution in [0.25, 0.3) is 0 Å². The van der Waals surface area contributed by atoms with Crippen LogP contribution in [0.4, 0.5) is 0 Å². The highest BCUT2D eigenvalue weighted by molar-refractivity contribution is 5.71. The molecule has 0 rings (SSSR count). The maximum Gasteiger partial charge on any atom is 0.306 e. The maximum absolute atomic E-state index is 12.8. The highest BCUT2D eigenvalue weighted by Crippen LogP contribution is 2.18. The lowest BCUT2D eigenvalue weighted by Crippen LogP contribution is -2.30. The predicted molar refractivity (Wildman–Crippen MR) is 252 cm³/mol. The molecular formula is C53H102O6. The second kappa shape index (κ2) is 45.9. The van der Waals surface area contributed by atoms with Gasteiger partial charge in [-0.1, -0.05) is 253 Å². The number of ether oxygens (including phenoxy) is 3. The van der Waals surface area contributed by atoms with Gasteiger partial charge in [0.15, 0.2) is 6.10 Å². The molecule has 0 aliphatic rings. The quantitative estimate of drug-likeness (QED) is 0.0345. The summed E-state index contributed by atoms with van der Waals surface area (Å²) in [5, 5.41) is 0. The van der Waals surface area contributed by atoms with Crippen LogP contribution in [0.2, 0.25) is 0 Å². The lowest BCUT2D eigenvalue weighted by molar-refractivity contribution is -0.167. The Labute approximate surface area is 368 Å². The molecule has 0 saturated carbocycles. The van der Waals surface area contributed by atoms with Crippen LogP contribution >= 0.6 is 0 Å². The third-order valence-electron chi connectivity index (χ3n) is 12.3. The average molecular weight is 835 g/mol. The minimum absolute atomic E-state index is 0.0637. The van der Waals surface area contributed by atoms with Gasteiger partial charge in [-0.15, -0.1) is 0 Å². The predicted octanol–water partition coefficient (Wildman–Crippen LogP) is 16.9. The van der Waals surface area contributed by atoms with Gasteiger partial charge in [-0.05, 0) is 31.1 Å². The van der Waals surface area contributed by atoms with E-state index in [1.807, 2.05) is 0 Å². The minimum atomic E-state index is -0.762. The van der Waals surface area contributed by atoms with Crippen molar-refractivity contribution in [3.8, 4) is 0 Å². The van der Waals surface area contributed by atoms with Gasteiger partial charge in [0.1, 0.15) is 13.2 Å². The highest BCUT2D eigenvalue weighted by atomic mass is 16.6. The standard InChI is InChI=1S/C53H102O6/c1-6-8-9-10-11-12-13-14-15-19-22-28-33-38-43-51(54)57-46-50(47-58-52(55)44-39-34-29-25-24-27-32-37-42-49(5)7-2)59-53(56)45-40-35-30-23-20-17-16-18-21-26-31-36-41-48(3)4/h48-50H,6-47H2,1-5H3/t49?,50-/m0/s1. The van der Waals surface area contributed by atoms with Crippen LogP contribution in [-0.4, -0.2) is 37.2 Å². The maximum atomic E-state index is 12.8. The SMILES string of the molecule is CCCCCCCCCCCCCCCCC(=O)OC[C@@H](COC(=O)CCCCCCCCCCC(C)CC)OC(=O)CCCCCCCCCCCCCCC(C)C. The van der Waals surface area contributed by atoms with E-state index in [9.17, 15) is 14.4 Å². The summed E-state index contributed by atoms with van der Waals surface area (Å²) in [6.45, 7) is 11.4. The fourth-order valence-corrected chi connectivity index (χ4v) is 7.96. The summed E-state index contributed by atoms with van der Waals surface area (Å²) >= 11 is 0. The number of carbonyl (C=O) groups excluding carboxylic acids is 3. The molecule has 6 heteroatoms. The van der Waals surface area contributed by atoms with Crippen molar-refractivity contribution < 1.29 is 28.6 Å². The van der Waals surface area contributed by atoms with Crippen molar-refractivity contribution in [1.82, 2.24) is 0 Å². The highest BCUT2D eigenvalue weighted by Gasteiger charge is 2.19. The number of hydrogen-bond acceptors (Lipinski definition) is 6. The number of esters is 3. The van der Waals surface area contributed by atoms with Gasteiger partial charge in [-0.25, -0.2) is 0 Å². The topological polar surface area (TPSA) is 78.9 Å². The first-order chi connectivity index (χ1) is 28.8. The summed E-state index contributed by atoms with van der Waals surface area (Å²) in [4.78, 5) is 38.0. The first kappa shape index (κ1) is 57.4. The van der Waals surface area contributed by atoms with Gasteiger partial charge in [0.25, 0.3) is 0 Å². The normalized spacial score (nSPS) is 12.5. The lowest BCUT2D eigenvalue weighted by Gasteiger charge is -2.18. The molecule has 0 aromatic rings. The Kier molecular flexibility index (Phi) is 44.7. The van der Waals surface area contributed by atoms with E-state index in [-0.39, 0.29) is 31.1 Å². The molecule has 0 radical (unpaired) electrons. The summed E-state index contributed by atoms with van der Waals surface area (Å²) in [7, 11) is 0. The minimum Gasteiger partial charge on any atom is -0.462 e. The molecule has 0 aliphatic carbocycles. The number of unbranched alkanes of at least 4 members (excludes halogenated alkanes) is 31. The van der Waals surface area contributed by atoms with Crippen molar-refractivity contribution in [2.45, 2.75) is 298 Å².